The summed E-state index contributed by atoms with van der Waals surface area (Å²) in [5.41, 5.74) is 4.01. The van der Waals surface area contributed by atoms with Crippen LogP contribution in [0.15, 0.2) is 42.6 Å². The van der Waals surface area contributed by atoms with Crippen LogP contribution in [0.4, 0.5) is 0 Å². The van der Waals surface area contributed by atoms with Crippen molar-refractivity contribution in [3.05, 3.63) is 59.4 Å². The van der Waals surface area contributed by atoms with E-state index in [9.17, 15) is 4.79 Å². The van der Waals surface area contributed by atoms with E-state index in [2.05, 4.69) is 64.4 Å². The monoisotopic (exact) mass is 337 g/mol. The van der Waals surface area contributed by atoms with Gasteiger partial charge in [-0.15, -0.1) is 0 Å². The summed E-state index contributed by atoms with van der Waals surface area (Å²) in [5, 5.41) is 3.30. The molecular weight excluding hydrogens is 310 g/mol. The van der Waals surface area contributed by atoms with Crippen LogP contribution in [0.1, 0.15) is 54.6 Å². The molecule has 4 nitrogen and oxygen atoms in total. The Morgan fingerprint density at radius 3 is 2.88 bits per heavy atom. The molecular formula is C21H27N3O. The Morgan fingerprint density at radius 1 is 1.16 bits per heavy atom. The average Bonchev–Trinajstić information content (AvgIpc) is 3.23. The highest BCUT2D eigenvalue weighted by molar-refractivity contribution is 5.78. The van der Waals surface area contributed by atoms with Gasteiger partial charge in [-0.05, 0) is 61.9 Å². The standard InChI is InChI=1S/C21H27N3O/c1-23-13-5-11-19(23)20-12-6-14-24(20)15-21(25)22-18-10-4-8-16-7-2-3-9-17(16)18/h2-3,5,7,9,11,13,18,20H,4,6,8,10,12,14-15H2,1H3,(H,22,25)/t18-,20+/m1/s1. The van der Waals surface area contributed by atoms with E-state index in [1.807, 2.05) is 0 Å². The first kappa shape index (κ1) is 16.4. The Bertz CT molecular complexity index is 751. The van der Waals surface area contributed by atoms with Gasteiger partial charge in [0, 0.05) is 18.9 Å². The van der Waals surface area contributed by atoms with Crippen LogP contribution in [0.3, 0.4) is 0 Å². The third-order valence-electron chi connectivity index (χ3n) is 5.74. The molecule has 1 saturated heterocycles. The van der Waals surface area contributed by atoms with Crippen LogP contribution >= 0.6 is 0 Å². The van der Waals surface area contributed by atoms with Crippen molar-refractivity contribution in [3.63, 3.8) is 0 Å². The number of carbonyl (C=O) groups is 1. The molecule has 4 rings (SSSR count). The number of likely N-dealkylation sites (tertiary alicyclic amines) is 1. The quantitative estimate of drug-likeness (QED) is 0.929. The summed E-state index contributed by atoms with van der Waals surface area (Å²) in [7, 11) is 2.09. The molecule has 1 aliphatic carbocycles. The second-order valence-corrected chi connectivity index (χ2v) is 7.38. The highest BCUT2D eigenvalue weighted by atomic mass is 16.2. The number of hydrogen-bond acceptors (Lipinski definition) is 2. The fourth-order valence-corrected chi connectivity index (χ4v) is 4.50. The van der Waals surface area contributed by atoms with E-state index in [4.69, 9.17) is 0 Å². The number of aryl methyl sites for hydroxylation is 2. The number of amides is 1. The summed E-state index contributed by atoms with van der Waals surface area (Å²) >= 11 is 0. The number of benzene rings is 1. The largest absolute Gasteiger partial charge is 0.353 e. The molecule has 0 bridgehead atoms. The van der Waals surface area contributed by atoms with Crippen molar-refractivity contribution in [2.24, 2.45) is 7.05 Å². The lowest BCUT2D eigenvalue weighted by Gasteiger charge is -2.29. The smallest absolute Gasteiger partial charge is 0.234 e. The predicted octanol–water partition coefficient (Wildman–Crippen LogP) is 3.36. The van der Waals surface area contributed by atoms with Gasteiger partial charge in [0.1, 0.15) is 0 Å². The van der Waals surface area contributed by atoms with E-state index in [1.165, 1.54) is 16.8 Å². The number of nitrogens with zero attached hydrogens (tertiary/aromatic N) is 2. The summed E-state index contributed by atoms with van der Waals surface area (Å²) < 4.78 is 2.18. The molecule has 0 spiro atoms. The summed E-state index contributed by atoms with van der Waals surface area (Å²) in [6.45, 7) is 1.50. The molecule has 1 amide bonds. The Kier molecular flexibility index (Phi) is 4.62. The van der Waals surface area contributed by atoms with Crippen molar-refractivity contribution < 1.29 is 4.79 Å². The molecule has 0 saturated carbocycles. The molecule has 132 valence electrons. The van der Waals surface area contributed by atoms with Gasteiger partial charge in [0.25, 0.3) is 0 Å². The van der Waals surface area contributed by atoms with Gasteiger partial charge >= 0.3 is 0 Å². The van der Waals surface area contributed by atoms with Crippen LogP contribution in [-0.4, -0.2) is 28.5 Å². The molecule has 1 fully saturated rings. The van der Waals surface area contributed by atoms with Crippen LogP contribution in [0.2, 0.25) is 0 Å². The SMILES string of the molecule is Cn1cccc1[C@@H]1CCCN1CC(=O)N[C@@H]1CCCc2ccccc21. The van der Waals surface area contributed by atoms with Crippen molar-refractivity contribution in [1.82, 2.24) is 14.8 Å². The van der Waals surface area contributed by atoms with E-state index >= 15 is 0 Å². The van der Waals surface area contributed by atoms with E-state index < -0.39 is 0 Å². The van der Waals surface area contributed by atoms with Crippen LogP contribution in [0.25, 0.3) is 0 Å². The van der Waals surface area contributed by atoms with E-state index in [0.717, 1.165) is 38.6 Å². The molecule has 1 aliphatic heterocycles. The van der Waals surface area contributed by atoms with Gasteiger partial charge in [0.15, 0.2) is 0 Å². The number of rotatable bonds is 4. The van der Waals surface area contributed by atoms with E-state index in [1.54, 1.807) is 0 Å². The fourth-order valence-electron chi connectivity index (χ4n) is 4.50. The first-order chi connectivity index (χ1) is 12.2. The average molecular weight is 337 g/mol. The van der Waals surface area contributed by atoms with Crippen LogP contribution in [0, 0.1) is 0 Å². The maximum atomic E-state index is 12.7. The number of carbonyl (C=O) groups excluding carboxylic acids is 1. The number of hydrogen-bond donors (Lipinski definition) is 1. The Morgan fingerprint density at radius 2 is 2.04 bits per heavy atom. The van der Waals surface area contributed by atoms with Gasteiger partial charge in [0.2, 0.25) is 5.91 Å². The first-order valence-corrected chi connectivity index (χ1v) is 9.45. The Hall–Kier alpha value is -2.07. The van der Waals surface area contributed by atoms with Crippen molar-refractivity contribution in [1.29, 1.82) is 0 Å². The van der Waals surface area contributed by atoms with Crippen molar-refractivity contribution >= 4 is 5.91 Å². The van der Waals surface area contributed by atoms with Crippen molar-refractivity contribution in [3.8, 4) is 0 Å². The van der Waals surface area contributed by atoms with Gasteiger partial charge in [0.05, 0.1) is 18.6 Å². The van der Waals surface area contributed by atoms with Gasteiger partial charge < -0.3 is 9.88 Å². The Balaban J connectivity index is 1.42. The molecule has 0 unspecified atom stereocenters. The van der Waals surface area contributed by atoms with Crippen LogP contribution in [-0.2, 0) is 18.3 Å². The zero-order chi connectivity index (χ0) is 17.2. The topological polar surface area (TPSA) is 37.3 Å². The van der Waals surface area contributed by atoms with Crippen LogP contribution < -0.4 is 5.32 Å². The highest BCUT2D eigenvalue weighted by Gasteiger charge is 2.30. The molecule has 2 atom stereocenters. The lowest BCUT2D eigenvalue weighted by molar-refractivity contribution is -0.123. The molecule has 2 aromatic rings. The number of nitrogens with one attached hydrogen (secondary N) is 1. The lowest BCUT2D eigenvalue weighted by atomic mass is 9.88. The summed E-state index contributed by atoms with van der Waals surface area (Å²) in [6.07, 6.45) is 7.71. The van der Waals surface area contributed by atoms with Crippen molar-refractivity contribution in [2.75, 3.05) is 13.1 Å². The zero-order valence-corrected chi connectivity index (χ0v) is 14.9. The maximum Gasteiger partial charge on any atom is 0.234 e. The van der Waals surface area contributed by atoms with Gasteiger partial charge in [-0.2, -0.15) is 0 Å². The molecule has 4 heteroatoms. The van der Waals surface area contributed by atoms with Crippen molar-refractivity contribution in [2.45, 2.75) is 44.2 Å². The minimum Gasteiger partial charge on any atom is -0.353 e. The molecule has 2 aliphatic rings. The van der Waals surface area contributed by atoms with Crippen LogP contribution in [0.5, 0.6) is 0 Å². The third-order valence-corrected chi connectivity index (χ3v) is 5.74. The zero-order valence-electron chi connectivity index (χ0n) is 14.9. The summed E-state index contributed by atoms with van der Waals surface area (Å²) in [4.78, 5) is 15.1. The molecule has 1 aromatic heterocycles. The normalized spacial score (nSPS) is 23.4. The van der Waals surface area contributed by atoms with Gasteiger partial charge in [-0.1, -0.05) is 24.3 Å². The molecule has 1 aromatic carbocycles. The fraction of sp³-hybridized carbons (Fsp3) is 0.476. The second kappa shape index (κ2) is 7.04. The summed E-state index contributed by atoms with van der Waals surface area (Å²) in [5.74, 6) is 0.155. The molecule has 25 heavy (non-hydrogen) atoms. The minimum atomic E-state index is 0.155. The first-order valence-electron chi connectivity index (χ1n) is 9.45. The second-order valence-electron chi connectivity index (χ2n) is 7.38. The third kappa shape index (κ3) is 3.36. The molecule has 2 heterocycles. The highest BCUT2D eigenvalue weighted by Crippen LogP contribution is 2.32. The maximum absolute atomic E-state index is 12.7. The number of aromatic nitrogens is 1. The Labute approximate surface area is 149 Å². The molecule has 1 N–H and O–H groups in total. The molecule has 0 radical (unpaired) electrons. The lowest BCUT2D eigenvalue weighted by Crippen LogP contribution is -2.39. The minimum absolute atomic E-state index is 0.155. The van der Waals surface area contributed by atoms with E-state index in [-0.39, 0.29) is 11.9 Å². The predicted molar refractivity (Wildman–Crippen MR) is 99.2 cm³/mol. The van der Waals surface area contributed by atoms with Gasteiger partial charge in [-0.25, -0.2) is 0 Å². The van der Waals surface area contributed by atoms with E-state index in [0.29, 0.717) is 12.6 Å². The van der Waals surface area contributed by atoms with Gasteiger partial charge in [-0.3, -0.25) is 9.69 Å². The summed E-state index contributed by atoms with van der Waals surface area (Å²) in [6, 6.07) is 13.3. The number of fused-ring (bicyclic) bond motifs is 1.